The second-order valence-electron chi connectivity index (χ2n) is 5.80. The minimum absolute atomic E-state index is 0.0307. The molecule has 0 atom stereocenters. The summed E-state index contributed by atoms with van der Waals surface area (Å²) in [6.07, 6.45) is 3.87. The second-order valence-corrected chi connectivity index (χ2v) is 5.80. The number of fused-ring (bicyclic) bond motifs is 1. The molecule has 3 rings (SSSR count). The highest BCUT2D eigenvalue weighted by atomic mass is 16.4. The molecule has 1 aliphatic carbocycles. The van der Waals surface area contributed by atoms with Gasteiger partial charge in [0.05, 0.1) is 22.4 Å². The van der Waals surface area contributed by atoms with Gasteiger partial charge >= 0.3 is 5.97 Å². The van der Waals surface area contributed by atoms with E-state index in [-0.39, 0.29) is 16.9 Å². The van der Waals surface area contributed by atoms with Crippen molar-refractivity contribution in [3.05, 3.63) is 23.8 Å². The van der Waals surface area contributed by atoms with Gasteiger partial charge in [0.1, 0.15) is 0 Å². The van der Waals surface area contributed by atoms with Gasteiger partial charge in [-0.1, -0.05) is 18.9 Å². The third kappa shape index (κ3) is 1.85. The molecule has 1 aromatic carbocycles. The number of carboxylic acid groups (broad SMARTS) is 1. The SMILES string of the molecule is CN1CC2(CCCC2)C(=O)Nc2cccc(C(=O)O)c21. The van der Waals surface area contributed by atoms with E-state index in [1.807, 2.05) is 11.9 Å². The molecular weight excluding hydrogens is 256 g/mol. The number of amides is 1. The lowest BCUT2D eigenvalue weighted by Crippen LogP contribution is -2.40. The maximum absolute atomic E-state index is 12.5. The highest BCUT2D eigenvalue weighted by molar-refractivity contribution is 6.05. The van der Waals surface area contributed by atoms with Gasteiger partial charge < -0.3 is 15.3 Å². The topological polar surface area (TPSA) is 69.6 Å². The summed E-state index contributed by atoms with van der Waals surface area (Å²) >= 11 is 0. The van der Waals surface area contributed by atoms with E-state index in [9.17, 15) is 14.7 Å². The van der Waals surface area contributed by atoms with Gasteiger partial charge in [0.2, 0.25) is 5.91 Å². The van der Waals surface area contributed by atoms with Gasteiger partial charge in [-0.3, -0.25) is 4.79 Å². The van der Waals surface area contributed by atoms with Crippen LogP contribution in [0.2, 0.25) is 0 Å². The monoisotopic (exact) mass is 274 g/mol. The molecule has 1 aliphatic heterocycles. The smallest absolute Gasteiger partial charge is 0.337 e. The van der Waals surface area contributed by atoms with E-state index >= 15 is 0 Å². The molecule has 1 aromatic rings. The highest BCUT2D eigenvalue weighted by Gasteiger charge is 2.44. The van der Waals surface area contributed by atoms with Crippen molar-refractivity contribution in [2.45, 2.75) is 25.7 Å². The summed E-state index contributed by atoms with van der Waals surface area (Å²) < 4.78 is 0. The molecule has 5 nitrogen and oxygen atoms in total. The van der Waals surface area contributed by atoms with E-state index in [0.717, 1.165) is 25.7 Å². The Kier molecular flexibility index (Phi) is 2.92. The van der Waals surface area contributed by atoms with Crippen LogP contribution in [0, 0.1) is 5.41 Å². The maximum atomic E-state index is 12.5. The minimum Gasteiger partial charge on any atom is -0.478 e. The van der Waals surface area contributed by atoms with Crippen LogP contribution in [0.4, 0.5) is 11.4 Å². The van der Waals surface area contributed by atoms with Gasteiger partial charge in [0.15, 0.2) is 0 Å². The van der Waals surface area contributed by atoms with Crippen LogP contribution in [0.25, 0.3) is 0 Å². The predicted molar refractivity (Wildman–Crippen MR) is 76.2 cm³/mol. The summed E-state index contributed by atoms with van der Waals surface area (Å²) in [4.78, 5) is 25.8. The highest BCUT2D eigenvalue weighted by Crippen LogP contribution is 2.44. The van der Waals surface area contributed by atoms with Crippen LogP contribution in [0.3, 0.4) is 0 Å². The Morgan fingerprint density at radius 2 is 2.05 bits per heavy atom. The first kappa shape index (κ1) is 13.0. The Balaban J connectivity index is 2.09. The van der Waals surface area contributed by atoms with Crippen LogP contribution in [0.1, 0.15) is 36.0 Å². The van der Waals surface area contributed by atoms with Crippen LogP contribution in [-0.2, 0) is 4.79 Å². The number of hydrogen-bond acceptors (Lipinski definition) is 3. The number of carboxylic acids is 1. The normalized spacial score (nSPS) is 20.4. The molecule has 1 spiro atoms. The van der Waals surface area contributed by atoms with Crippen molar-refractivity contribution >= 4 is 23.3 Å². The second kappa shape index (κ2) is 4.51. The first-order valence-electron chi connectivity index (χ1n) is 6.92. The van der Waals surface area contributed by atoms with Crippen LogP contribution < -0.4 is 10.2 Å². The number of carbonyl (C=O) groups is 2. The average Bonchev–Trinajstić information content (AvgIpc) is 2.83. The molecule has 0 saturated heterocycles. The quantitative estimate of drug-likeness (QED) is 0.824. The van der Waals surface area contributed by atoms with Crippen LogP contribution in [0.15, 0.2) is 18.2 Å². The lowest BCUT2D eigenvalue weighted by atomic mass is 9.85. The van der Waals surface area contributed by atoms with Gasteiger partial charge in [-0.15, -0.1) is 0 Å². The Hall–Kier alpha value is -2.04. The van der Waals surface area contributed by atoms with Gasteiger partial charge in [-0.2, -0.15) is 0 Å². The zero-order valence-electron chi connectivity index (χ0n) is 11.5. The van der Waals surface area contributed by atoms with Crippen LogP contribution in [0.5, 0.6) is 0 Å². The van der Waals surface area contributed by atoms with E-state index in [4.69, 9.17) is 0 Å². The number of benzene rings is 1. The van der Waals surface area contributed by atoms with Crippen molar-refractivity contribution in [3.8, 4) is 0 Å². The number of carbonyl (C=O) groups excluding carboxylic acids is 1. The minimum atomic E-state index is -0.967. The van der Waals surface area contributed by atoms with Crippen molar-refractivity contribution in [1.29, 1.82) is 0 Å². The lowest BCUT2D eigenvalue weighted by molar-refractivity contribution is -0.124. The van der Waals surface area contributed by atoms with E-state index in [2.05, 4.69) is 5.32 Å². The fraction of sp³-hybridized carbons (Fsp3) is 0.467. The predicted octanol–water partition coefficient (Wildman–Crippen LogP) is 2.33. The Morgan fingerprint density at radius 3 is 2.70 bits per heavy atom. The summed E-state index contributed by atoms with van der Waals surface area (Å²) in [7, 11) is 1.87. The molecule has 1 fully saturated rings. The van der Waals surface area contributed by atoms with Crippen molar-refractivity contribution in [3.63, 3.8) is 0 Å². The number of rotatable bonds is 1. The molecule has 106 valence electrons. The Labute approximate surface area is 117 Å². The van der Waals surface area contributed by atoms with Gasteiger partial charge in [0, 0.05) is 13.6 Å². The number of nitrogens with zero attached hydrogens (tertiary/aromatic N) is 1. The van der Waals surface area contributed by atoms with E-state index in [0.29, 0.717) is 17.9 Å². The molecular formula is C15H18N2O3. The molecule has 0 radical (unpaired) electrons. The van der Waals surface area contributed by atoms with Crippen LogP contribution >= 0.6 is 0 Å². The zero-order chi connectivity index (χ0) is 14.3. The summed E-state index contributed by atoms with van der Waals surface area (Å²) in [5.74, 6) is -0.937. The lowest BCUT2D eigenvalue weighted by Gasteiger charge is -2.30. The van der Waals surface area contributed by atoms with E-state index < -0.39 is 5.97 Å². The third-order valence-electron chi connectivity index (χ3n) is 4.48. The molecule has 2 N–H and O–H groups in total. The summed E-state index contributed by atoms with van der Waals surface area (Å²) in [6, 6.07) is 5.02. The van der Waals surface area contributed by atoms with Crippen molar-refractivity contribution in [2.24, 2.45) is 5.41 Å². The zero-order valence-corrected chi connectivity index (χ0v) is 11.5. The molecule has 1 amide bonds. The molecule has 0 bridgehead atoms. The summed E-state index contributed by atoms with van der Waals surface area (Å²) in [5, 5.41) is 12.3. The number of hydrogen-bond donors (Lipinski definition) is 2. The molecule has 1 heterocycles. The maximum Gasteiger partial charge on any atom is 0.337 e. The molecule has 5 heteroatoms. The van der Waals surface area contributed by atoms with Crippen LogP contribution in [-0.4, -0.2) is 30.6 Å². The molecule has 0 aromatic heterocycles. The number of aromatic carboxylic acids is 1. The third-order valence-corrected chi connectivity index (χ3v) is 4.48. The standard InChI is InChI=1S/C15H18N2O3/c1-17-9-15(7-2-3-8-15)14(20)16-11-6-4-5-10(12(11)17)13(18)19/h4-6H,2-3,7-9H2,1H3,(H,16,20)(H,18,19). The van der Waals surface area contributed by atoms with Crippen molar-refractivity contribution < 1.29 is 14.7 Å². The number of nitrogens with one attached hydrogen (secondary N) is 1. The first-order chi connectivity index (χ1) is 9.53. The molecule has 2 aliphatic rings. The van der Waals surface area contributed by atoms with E-state index in [1.165, 1.54) is 0 Å². The van der Waals surface area contributed by atoms with Crippen molar-refractivity contribution in [2.75, 3.05) is 23.8 Å². The fourth-order valence-corrected chi connectivity index (χ4v) is 3.52. The Morgan fingerprint density at radius 1 is 1.35 bits per heavy atom. The Bertz CT molecular complexity index is 576. The number of para-hydroxylation sites is 1. The van der Waals surface area contributed by atoms with Gasteiger partial charge in [0.25, 0.3) is 0 Å². The largest absolute Gasteiger partial charge is 0.478 e. The van der Waals surface area contributed by atoms with Gasteiger partial charge in [-0.05, 0) is 25.0 Å². The summed E-state index contributed by atoms with van der Waals surface area (Å²) in [5.41, 5.74) is 1.07. The van der Waals surface area contributed by atoms with Crippen molar-refractivity contribution in [1.82, 2.24) is 0 Å². The molecule has 20 heavy (non-hydrogen) atoms. The number of anilines is 2. The first-order valence-corrected chi connectivity index (χ1v) is 6.92. The molecule has 1 saturated carbocycles. The molecule has 0 unspecified atom stereocenters. The summed E-state index contributed by atoms with van der Waals surface area (Å²) in [6.45, 7) is 0.579. The fourth-order valence-electron chi connectivity index (χ4n) is 3.52. The van der Waals surface area contributed by atoms with E-state index in [1.54, 1.807) is 18.2 Å². The van der Waals surface area contributed by atoms with Gasteiger partial charge in [-0.25, -0.2) is 4.79 Å². The average molecular weight is 274 g/mol.